The maximum absolute atomic E-state index is 9.80. The summed E-state index contributed by atoms with van der Waals surface area (Å²) in [4.78, 5) is 2.47. The van der Waals surface area contributed by atoms with Crippen molar-refractivity contribution in [3.8, 4) is 0 Å². The van der Waals surface area contributed by atoms with Gasteiger partial charge in [-0.05, 0) is 31.7 Å². The number of aliphatic hydroxyl groups is 1. The van der Waals surface area contributed by atoms with Gasteiger partial charge in [0.2, 0.25) is 0 Å². The van der Waals surface area contributed by atoms with Gasteiger partial charge in [-0.25, -0.2) is 0 Å². The lowest BCUT2D eigenvalue weighted by Gasteiger charge is -2.53. The fraction of sp³-hybridized carbons (Fsp3) is 0.600. The van der Waals surface area contributed by atoms with Crippen molar-refractivity contribution in [1.82, 2.24) is 10.2 Å². The molecule has 1 atom stereocenters. The van der Waals surface area contributed by atoms with Crippen LogP contribution < -0.4 is 5.32 Å². The lowest BCUT2D eigenvalue weighted by atomic mass is 9.70. The normalized spacial score (nSPS) is 27.8. The first-order chi connectivity index (χ1) is 8.71. The molecule has 2 N–H and O–H groups in total. The van der Waals surface area contributed by atoms with E-state index < -0.39 is 0 Å². The molecule has 2 aliphatic rings. The summed E-state index contributed by atoms with van der Waals surface area (Å²) in [6.07, 6.45) is 3.38. The van der Waals surface area contributed by atoms with Crippen LogP contribution in [-0.2, 0) is 5.54 Å². The molecule has 1 saturated carbocycles. The van der Waals surface area contributed by atoms with Crippen LogP contribution in [0, 0.1) is 6.92 Å². The Balaban J connectivity index is 1.87. The van der Waals surface area contributed by atoms with E-state index in [4.69, 9.17) is 0 Å². The number of β-amino-alcohol motifs (C(OH)–C–C–N with tert-alkyl or cyclic N) is 1. The highest BCUT2D eigenvalue weighted by Gasteiger charge is 2.44. The molecule has 3 heteroatoms. The molecular formula is C15H22N2O. The molecule has 0 radical (unpaired) electrons. The van der Waals surface area contributed by atoms with Crippen LogP contribution in [0.1, 0.15) is 30.4 Å². The maximum atomic E-state index is 9.80. The monoisotopic (exact) mass is 246 g/mol. The average molecular weight is 246 g/mol. The van der Waals surface area contributed by atoms with Gasteiger partial charge in [-0.15, -0.1) is 0 Å². The van der Waals surface area contributed by atoms with Crippen molar-refractivity contribution in [3.63, 3.8) is 0 Å². The number of nitrogens with zero attached hydrogens (tertiary/aromatic N) is 1. The summed E-state index contributed by atoms with van der Waals surface area (Å²) in [7, 11) is 0. The lowest BCUT2D eigenvalue weighted by molar-refractivity contribution is -0.0487. The van der Waals surface area contributed by atoms with Gasteiger partial charge in [0.05, 0.1) is 0 Å². The molecule has 1 aromatic carbocycles. The fourth-order valence-corrected chi connectivity index (χ4v) is 3.28. The summed E-state index contributed by atoms with van der Waals surface area (Å²) in [6, 6.07) is 8.94. The molecule has 1 aliphatic heterocycles. The molecule has 0 amide bonds. The Bertz CT molecular complexity index is 411. The summed E-state index contributed by atoms with van der Waals surface area (Å²) in [5.74, 6) is 0. The zero-order valence-corrected chi connectivity index (χ0v) is 11.0. The first-order valence-electron chi connectivity index (χ1n) is 6.94. The highest BCUT2D eigenvalue weighted by Crippen LogP contribution is 2.46. The molecule has 0 spiro atoms. The summed E-state index contributed by atoms with van der Waals surface area (Å²) >= 11 is 0. The van der Waals surface area contributed by atoms with Gasteiger partial charge in [0, 0.05) is 25.2 Å². The molecule has 98 valence electrons. The minimum atomic E-state index is -0.373. The van der Waals surface area contributed by atoms with E-state index in [1.807, 2.05) is 0 Å². The molecular weight excluding hydrogens is 224 g/mol. The highest BCUT2D eigenvalue weighted by atomic mass is 16.3. The second-order valence-corrected chi connectivity index (χ2v) is 5.67. The number of hydrogen-bond donors (Lipinski definition) is 2. The van der Waals surface area contributed by atoms with Gasteiger partial charge in [-0.3, -0.25) is 10.2 Å². The molecule has 2 fully saturated rings. The smallest absolute Gasteiger partial charge is 0.117 e. The number of hydrogen-bond acceptors (Lipinski definition) is 3. The molecule has 0 aromatic heterocycles. The van der Waals surface area contributed by atoms with Gasteiger partial charge in [-0.2, -0.15) is 0 Å². The Morgan fingerprint density at radius 3 is 2.56 bits per heavy atom. The van der Waals surface area contributed by atoms with Gasteiger partial charge >= 0.3 is 0 Å². The molecule has 1 heterocycles. The predicted molar refractivity (Wildman–Crippen MR) is 72.3 cm³/mol. The van der Waals surface area contributed by atoms with E-state index in [9.17, 15) is 5.11 Å². The van der Waals surface area contributed by atoms with Gasteiger partial charge in [0.15, 0.2) is 0 Å². The van der Waals surface area contributed by atoms with Crippen LogP contribution in [0.15, 0.2) is 24.3 Å². The number of aryl methyl sites for hydroxylation is 1. The second-order valence-electron chi connectivity index (χ2n) is 5.67. The number of piperazine rings is 1. The molecule has 1 aromatic rings. The van der Waals surface area contributed by atoms with E-state index in [1.54, 1.807) is 0 Å². The number of rotatable bonds is 2. The lowest BCUT2D eigenvalue weighted by Crippen LogP contribution is -2.60. The van der Waals surface area contributed by atoms with Crippen molar-refractivity contribution in [1.29, 1.82) is 0 Å². The first kappa shape index (κ1) is 12.2. The first-order valence-corrected chi connectivity index (χ1v) is 6.94. The predicted octanol–water partition coefficient (Wildman–Crippen LogP) is 1.60. The number of aliphatic hydroxyl groups excluding tert-OH is 1. The van der Waals surface area contributed by atoms with Gasteiger partial charge in [0.25, 0.3) is 0 Å². The molecule has 3 rings (SSSR count). The van der Waals surface area contributed by atoms with E-state index in [1.165, 1.54) is 30.4 Å². The van der Waals surface area contributed by atoms with E-state index in [2.05, 4.69) is 41.4 Å². The minimum Gasteiger partial charge on any atom is -0.377 e. The highest BCUT2D eigenvalue weighted by molar-refractivity contribution is 5.30. The quantitative estimate of drug-likeness (QED) is 0.832. The zero-order valence-electron chi connectivity index (χ0n) is 11.0. The minimum absolute atomic E-state index is 0.191. The van der Waals surface area contributed by atoms with E-state index in [0.717, 1.165) is 19.6 Å². The summed E-state index contributed by atoms with van der Waals surface area (Å²) in [6.45, 7) is 4.79. The van der Waals surface area contributed by atoms with Crippen LogP contribution in [0.5, 0.6) is 0 Å². The second kappa shape index (κ2) is 4.65. The number of nitrogens with one attached hydrogen (secondary N) is 1. The van der Waals surface area contributed by atoms with Crippen molar-refractivity contribution in [2.75, 3.05) is 19.6 Å². The van der Waals surface area contributed by atoms with Crippen molar-refractivity contribution in [3.05, 3.63) is 35.4 Å². The average Bonchev–Trinajstić information content (AvgIpc) is 2.30. The van der Waals surface area contributed by atoms with Crippen LogP contribution in [0.25, 0.3) is 0 Å². The van der Waals surface area contributed by atoms with Crippen molar-refractivity contribution in [2.24, 2.45) is 0 Å². The van der Waals surface area contributed by atoms with Crippen LogP contribution in [-0.4, -0.2) is 35.9 Å². The van der Waals surface area contributed by atoms with Crippen LogP contribution in [0.2, 0.25) is 0 Å². The maximum Gasteiger partial charge on any atom is 0.117 e. The van der Waals surface area contributed by atoms with Gasteiger partial charge in [-0.1, -0.05) is 29.8 Å². The van der Waals surface area contributed by atoms with E-state index in [0.29, 0.717) is 0 Å². The Hall–Kier alpha value is -0.900. The van der Waals surface area contributed by atoms with Crippen LogP contribution in [0.3, 0.4) is 0 Å². The summed E-state index contributed by atoms with van der Waals surface area (Å²) < 4.78 is 0. The number of benzene rings is 1. The van der Waals surface area contributed by atoms with Crippen LogP contribution in [0.4, 0.5) is 0 Å². The van der Waals surface area contributed by atoms with Crippen molar-refractivity contribution < 1.29 is 5.11 Å². The van der Waals surface area contributed by atoms with Crippen molar-refractivity contribution in [2.45, 2.75) is 38.0 Å². The Morgan fingerprint density at radius 2 is 2.00 bits per heavy atom. The zero-order chi connectivity index (χ0) is 12.6. The van der Waals surface area contributed by atoms with Gasteiger partial charge < -0.3 is 5.11 Å². The Labute approximate surface area is 109 Å². The van der Waals surface area contributed by atoms with E-state index in [-0.39, 0.29) is 11.8 Å². The fourth-order valence-electron chi connectivity index (χ4n) is 3.28. The van der Waals surface area contributed by atoms with Gasteiger partial charge in [0.1, 0.15) is 6.23 Å². The van der Waals surface area contributed by atoms with Crippen LogP contribution >= 0.6 is 0 Å². The molecule has 1 unspecified atom stereocenters. The topological polar surface area (TPSA) is 35.5 Å². The Kier molecular flexibility index (Phi) is 3.14. The summed E-state index contributed by atoms with van der Waals surface area (Å²) in [5.41, 5.74) is 2.93. The van der Waals surface area contributed by atoms with E-state index >= 15 is 0 Å². The van der Waals surface area contributed by atoms with Crippen molar-refractivity contribution >= 4 is 0 Å². The third kappa shape index (κ3) is 1.96. The SMILES string of the molecule is Cc1ccc(C2(N3CCNC(O)C3)CCC2)cc1. The summed E-state index contributed by atoms with van der Waals surface area (Å²) in [5, 5.41) is 12.9. The largest absolute Gasteiger partial charge is 0.377 e. The Morgan fingerprint density at radius 1 is 1.28 bits per heavy atom. The molecule has 0 bridgehead atoms. The third-order valence-electron chi connectivity index (χ3n) is 4.53. The molecule has 1 aliphatic carbocycles. The standard InChI is InChI=1S/C15H22N2O/c1-12-3-5-13(6-4-12)15(7-2-8-15)17-10-9-16-14(18)11-17/h3-6,14,16,18H,2,7-11H2,1H3. The third-order valence-corrected chi connectivity index (χ3v) is 4.53. The molecule has 18 heavy (non-hydrogen) atoms. The molecule has 1 saturated heterocycles. The molecule has 3 nitrogen and oxygen atoms in total.